The third-order valence-corrected chi connectivity index (χ3v) is 11.6. The standard InChI is InChI=1S/C44H46N2OS2/c1-3-5-7-11-17-35-30-42(49-43(35)40-28-23-33(32-47)31-45-40)44-36(18-12-8-6-4-2)29-41(48-44)34-24-26-39(27-25-34)46(37-19-13-9-14-20-37)38-21-15-10-16-22-38/h9-10,13-16,19-32H,3-8,11-12,17-18H2,1-2H3. The number of hydrogen-bond donors (Lipinski definition) is 0. The van der Waals surface area contributed by atoms with E-state index >= 15 is 0 Å². The van der Waals surface area contributed by atoms with Crippen molar-refractivity contribution in [2.45, 2.75) is 78.1 Å². The molecule has 6 aromatic rings. The number of anilines is 3. The zero-order valence-electron chi connectivity index (χ0n) is 28.7. The van der Waals surface area contributed by atoms with Crippen molar-refractivity contribution in [1.82, 2.24) is 4.98 Å². The molecule has 0 bridgehead atoms. The van der Waals surface area contributed by atoms with E-state index in [1.165, 1.54) is 87.6 Å². The average molecular weight is 683 g/mol. The van der Waals surface area contributed by atoms with E-state index in [-0.39, 0.29) is 0 Å². The fraction of sp³-hybridized carbons (Fsp3) is 0.273. The minimum atomic E-state index is 0.615. The Bertz CT molecular complexity index is 1850. The van der Waals surface area contributed by atoms with Gasteiger partial charge in [-0.15, -0.1) is 22.7 Å². The first-order valence-electron chi connectivity index (χ1n) is 17.9. The SMILES string of the molecule is CCCCCCc1cc(-c2sc(-c3ccc(N(c4ccccc4)c4ccccc4)cc3)cc2CCCCCC)sc1-c1ccc(C=O)cn1. The van der Waals surface area contributed by atoms with Gasteiger partial charge in [0.25, 0.3) is 0 Å². The second kappa shape index (κ2) is 17.4. The van der Waals surface area contributed by atoms with Gasteiger partial charge in [0.05, 0.1) is 10.6 Å². The minimum Gasteiger partial charge on any atom is -0.311 e. The molecule has 3 nitrogen and oxygen atoms in total. The highest BCUT2D eigenvalue weighted by atomic mass is 32.1. The molecule has 0 atom stereocenters. The molecule has 3 heterocycles. The Morgan fingerprint density at radius 1 is 0.592 bits per heavy atom. The number of pyridine rings is 1. The van der Waals surface area contributed by atoms with E-state index in [4.69, 9.17) is 4.98 Å². The number of unbranched alkanes of at least 4 members (excludes halogenated alkanes) is 6. The number of para-hydroxylation sites is 2. The zero-order valence-corrected chi connectivity index (χ0v) is 30.4. The minimum absolute atomic E-state index is 0.615. The quantitative estimate of drug-likeness (QED) is 0.0709. The van der Waals surface area contributed by atoms with Gasteiger partial charge in [-0.3, -0.25) is 9.78 Å². The van der Waals surface area contributed by atoms with E-state index in [1.807, 2.05) is 34.8 Å². The first-order valence-corrected chi connectivity index (χ1v) is 19.5. The summed E-state index contributed by atoms with van der Waals surface area (Å²) < 4.78 is 0. The Balaban J connectivity index is 1.35. The average Bonchev–Trinajstić information content (AvgIpc) is 3.78. The molecular weight excluding hydrogens is 637 g/mol. The van der Waals surface area contributed by atoms with Crippen LogP contribution in [0.3, 0.4) is 0 Å². The van der Waals surface area contributed by atoms with Crippen LogP contribution in [0, 0.1) is 0 Å². The molecule has 250 valence electrons. The maximum absolute atomic E-state index is 11.3. The van der Waals surface area contributed by atoms with Gasteiger partial charge in [0.15, 0.2) is 6.29 Å². The summed E-state index contributed by atoms with van der Waals surface area (Å²) in [4.78, 5) is 23.6. The molecule has 0 saturated heterocycles. The number of aldehydes is 1. The van der Waals surface area contributed by atoms with E-state index < -0.39 is 0 Å². The van der Waals surface area contributed by atoms with Gasteiger partial charge in [0.2, 0.25) is 0 Å². The Morgan fingerprint density at radius 3 is 1.69 bits per heavy atom. The summed E-state index contributed by atoms with van der Waals surface area (Å²) in [5.74, 6) is 0. The molecule has 0 amide bonds. The first kappa shape index (κ1) is 34.5. The Hall–Kier alpha value is -4.32. The van der Waals surface area contributed by atoms with Crippen molar-refractivity contribution in [3.05, 3.63) is 132 Å². The number of aromatic nitrogens is 1. The van der Waals surface area contributed by atoms with E-state index in [0.29, 0.717) is 5.56 Å². The first-order chi connectivity index (χ1) is 24.2. The number of thiophene rings is 2. The van der Waals surface area contributed by atoms with Crippen LogP contribution in [0.4, 0.5) is 17.1 Å². The van der Waals surface area contributed by atoms with Crippen LogP contribution in [0.25, 0.3) is 30.8 Å². The molecule has 0 unspecified atom stereocenters. The van der Waals surface area contributed by atoms with Crippen molar-refractivity contribution >= 4 is 46.0 Å². The zero-order chi connectivity index (χ0) is 33.8. The molecule has 5 heteroatoms. The molecule has 0 spiro atoms. The lowest BCUT2D eigenvalue weighted by Crippen LogP contribution is -2.09. The van der Waals surface area contributed by atoms with Crippen LogP contribution < -0.4 is 4.90 Å². The van der Waals surface area contributed by atoms with Crippen molar-refractivity contribution in [2.75, 3.05) is 4.90 Å². The lowest BCUT2D eigenvalue weighted by atomic mass is 10.0. The van der Waals surface area contributed by atoms with E-state index in [9.17, 15) is 4.79 Å². The lowest BCUT2D eigenvalue weighted by Gasteiger charge is -2.25. The van der Waals surface area contributed by atoms with Crippen LogP contribution >= 0.6 is 22.7 Å². The number of rotatable bonds is 17. The number of carbonyl (C=O) groups is 1. The highest BCUT2D eigenvalue weighted by molar-refractivity contribution is 7.25. The molecule has 3 aromatic carbocycles. The van der Waals surface area contributed by atoms with Crippen LogP contribution in [-0.4, -0.2) is 11.3 Å². The van der Waals surface area contributed by atoms with Crippen LogP contribution in [-0.2, 0) is 12.8 Å². The van der Waals surface area contributed by atoms with Gasteiger partial charge in [-0.2, -0.15) is 0 Å². The van der Waals surface area contributed by atoms with Crippen molar-refractivity contribution in [2.24, 2.45) is 0 Å². The second-order valence-corrected chi connectivity index (χ2v) is 14.8. The third-order valence-electron chi connectivity index (χ3n) is 9.04. The topological polar surface area (TPSA) is 33.2 Å². The van der Waals surface area contributed by atoms with Gasteiger partial charge in [0, 0.05) is 43.5 Å². The molecule has 0 aliphatic heterocycles. The lowest BCUT2D eigenvalue weighted by molar-refractivity contribution is 0.112. The molecular formula is C44H46N2OS2. The van der Waals surface area contributed by atoms with E-state index in [2.05, 4.69) is 116 Å². The van der Waals surface area contributed by atoms with Crippen LogP contribution in [0.1, 0.15) is 86.7 Å². The molecule has 0 N–H and O–H groups in total. The van der Waals surface area contributed by atoms with Crippen LogP contribution in [0.5, 0.6) is 0 Å². The number of nitrogens with zero attached hydrogens (tertiary/aromatic N) is 2. The molecule has 0 fully saturated rings. The largest absolute Gasteiger partial charge is 0.311 e. The molecule has 3 aromatic heterocycles. The fourth-order valence-corrected chi connectivity index (χ4v) is 8.92. The van der Waals surface area contributed by atoms with Crippen molar-refractivity contribution in [1.29, 1.82) is 0 Å². The monoisotopic (exact) mass is 682 g/mol. The smallest absolute Gasteiger partial charge is 0.151 e. The molecule has 0 aliphatic rings. The van der Waals surface area contributed by atoms with Crippen molar-refractivity contribution in [3.8, 4) is 30.8 Å². The van der Waals surface area contributed by atoms with Crippen molar-refractivity contribution in [3.63, 3.8) is 0 Å². The van der Waals surface area contributed by atoms with E-state index in [0.717, 1.165) is 41.9 Å². The summed E-state index contributed by atoms with van der Waals surface area (Å²) in [6.07, 6.45) is 14.6. The highest BCUT2D eigenvalue weighted by Crippen LogP contribution is 2.46. The van der Waals surface area contributed by atoms with Gasteiger partial charge in [-0.05, 0) is 103 Å². The normalized spacial score (nSPS) is 11.1. The summed E-state index contributed by atoms with van der Waals surface area (Å²) in [6.45, 7) is 4.54. The molecule has 6 rings (SSSR count). The molecule has 0 radical (unpaired) electrons. The highest BCUT2D eigenvalue weighted by Gasteiger charge is 2.19. The summed E-state index contributed by atoms with van der Waals surface area (Å²) in [7, 11) is 0. The molecule has 0 aliphatic carbocycles. The van der Waals surface area contributed by atoms with Crippen LogP contribution in [0.15, 0.2) is 115 Å². The summed E-state index contributed by atoms with van der Waals surface area (Å²) in [6, 6.07) is 39.0. The van der Waals surface area contributed by atoms with Gasteiger partial charge in [0.1, 0.15) is 0 Å². The van der Waals surface area contributed by atoms with E-state index in [1.54, 1.807) is 6.20 Å². The fourth-order valence-electron chi connectivity index (χ4n) is 6.38. The van der Waals surface area contributed by atoms with Gasteiger partial charge in [-0.1, -0.05) is 101 Å². The number of hydrogen-bond acceptors (Lipinski definition) is 5. The van der Waals surface area contributed by atoms with Crippen LogP contribution in [0.2, 0.25) is 0 Å². The van der Waals surface area contributed by atoms with Gasteiger partial charge in [-0.25, -0.2) is 0 Å². The third kappa shape index (κ3) is 8.65. The Kier molecular flexibility index (Phi) is 12.2. The maximum atomic E-state index is 11.3. The predicted molar refractivity (Wildman–Crippen MR) is 212 cm³/mol. The predicted octanol–water partition coefficient (Wildman–Crippen LogP) is 13.7. The number of aryl methyl sites for hydroxylation is 2. The number of benzene rings is 3. The van der Waals surface area contributed by atoms with Crippen molar-refractivity contribution < 1.29 is 4.79 Å². The number of carbonyl (C=O) groups excluding carboxylic acids is 1. The van der Waals surface area contributed by atoms with Gasteiger partial charge < -0.3 is 4.90 Å². The molecule has 49 heavy (non-hydrogen) atoms. The molecule has 0 saturated carbocycles. The Labute approximate surface area is 300 Å². The second-order valence-electron chi connectivity index (χ2n) is 12.7. The Morgan fingerprint density at radius 2 is 1.14 bits per heavy atom. The summed E-state index contributed by atoms with van der Waals surface area (Å²) in [5.41, 5.74) is 9.08. The maximum Gasteiger partial charge on any atom is 0.151 e. The summed E-state index contributed by atoms with van der Waals surface area (Å²) >= 11 is 3.79. The summed E-state index contributed by atoms with van der Waals surface area (Å²) in [5, 5.41) is 0. The van der Waals surface area contributed by atoms with Gasteiger partial charge >= 0.3 is 0 Å².